The molecule has 5 heterocycles. The Kier molecular flexibility index (Phi) is 23.3. The van der Waals surface area contributed by atoms with Crippen LogP contribution in [0.3, 0.4) is 0 Å². The number of nitrogens with zero attached hydrogens (tertiary/aromatic N) is 9. The van der Waals surface area contributed by atoms with Gasteiger partial charge in [0.05, 0.1) is 48.8 Å². The molecule has 2 N–H and O–H groups in total. The van der Waals surface area contributed by atoms with E-state index in [1.807, 2.05) is 35.9 Å². The lowest BCUT2D eigenvalue weighted by molar-refractivity contribution is -0.153. The van der Waals surface area contributed by atoms with Crippen LogP contribution in [-0.2, 0) is 11.2 Å². The number of likely N-dealkylation sites (tertiary alicyclic amines) is 2. The standard InChI is InChI=1S/C35H47F6N5O4.C29H40N6O4/c1-2-45(26(16-19-44-17-6-3-7-18-44)20-31(47)42-24-10-8-11-24)33(48)27-21-28(46(43-27)25-12-4-5-13-25)32-29(49-22-34(36,37)38)14-9-15-30(32)50-23-35(39,40)41;1-20-31-32-27(39-20)18-21(14-17-34-15-7-4-8-16-34)30-29(36)23-19-24(35(33-23)22-10-5-6-11-22)28-25(37-2)12-9-13-26(28)38-3/h9,14-15,21,24-26H,2-8,10-13,16-20,22-23H2,1H3,(H,42,47);9,12-13,19,21-22H,4-8,10-11,14-18H2,1-3H3,(H,30,36). The summed E-state index contributed by atoms with van der Waals surface area (Å²) in [5.74, 6) is 0.921. The van der Waals surface area contributed by atoms with E-state index < -0.39 is 37.5 Å². The van der Waals surface area contributed by atoms with Gasteiger partial charge in [0.1, 0.15) is 23.0 Å². The number of amides is 3. The van der Waals surface area contributed by atoms with Crippen molar-refractivity contribution in [2.24, 2.45) is 0 Å². The molecule has 2 unspecified atom stereocenters. The van der Waals surface area contributed by atoms with Crippen molar-refractivity contribution in [3.8, 4) is 45.5 Å². The predicted molar refractivity (Wildman–Crippen MR) is 321 cm³/mol. The summed E-state index contributed by atoms with van der Waals surface area (Å²) in [6.45, 7) is 6.22. The minimum absolute atomic E-state index is 0.0245. The highest BCUT2D eigenvalue weighted by atomic mass is 19.4. The predicted octanol–water partition coefficient (Wildman–Crippen LogP) is 11.9. The number of nitrogens with one attached hydrogen (secondary N) is 2. The number of carbonyl (C=O) groups is 3. The van der Waals surface area contributed by atoms with E-state index in [0.717, 1.165) is 121 Å². The number of carbonyl (C=O) groups excluding carboxylic acids is 3. The maximum atomic E-state index is 14.4. The van der Waals surface area contributed by atoms with Gasteiger partial charge in [-0.2, -0.15) is 36.5 Å². The molecule has 2 saturated heterocycles. The highest BCUT2D eigenvalue weighted by molar-refractivity contribution is 5.95. The summed E-state index contributed by atoms with van der Waals surface area (Å²) >= 11 is 0. The Labute approximate surface area is 516 Å². The molecule has 2 aliphatic heterocycles. The van der Waals surface area contributed by atoms with Crippen molar-refractivity contribution in [2.45, 2.75) is 191 Å². The zero-order valence-corrected chi connectivity index (χ0v) is 51.8. The van der Waals surface area contributed by atoms with E-state index in [9.17, 15) is 40.7 Å². The van der Waals surface area contributed by atoms with Crippen LogP contribution in [-0.4, -0.2) is 166 Å². The molecule has 25 heteroatoms. The number of benzene rings is 2. The molecule has 0 spiro atoms. The lowest BCUT2D eigenvalue weighted by Crippen LogP contribution is -2.47. The molecule has 2 aromatic carbocycles. The molecule has 3 aromatic heterocycles. The van der Waals surface area contributed by atoms with Crippen molar-refractivity contribution < 1.29 is 64.1 Å². The lowest BCUT2D eigenvalue weighted by Gasteiger charge is -2.34. The van der Waals surface area contributed by atoms with Gasteiger partial charge < -0.3 is 48.7 Å². The van der Waals surface area contributed by atoms with Gasteiger partial charge >= 0.3 is 12.4 Å². The molecule has 0 bridgehead atoms. The largest absolute Gasteiger partial charge is 0.496 e. The molecule has 19 nitrogen and oxygen atoms in total. The molecule has 5 aromatic rings. The van der Waals surface area contributed by atoms with Gasteiger partial charge in [-0.25, -0.2) is 0 Å². The van der Waals surface area contributed by atoms with E-state index in [1.54, 1.807) is 26.0 Å². The topological polar surface area (TPSA) is 196 Å². The Morgan fingerprint density at radius 2 is 1.15 bits per heavy atom. The molecule has 5 fully saturated rings. The fourth-order valence-electron chi connectivity index (χ4n) is 12.9. The second-order valence-electron chi connectivity index (χ2n) is 24.2. The van der Waals surface area contributed by atoms with Crippen LogP contribution < -0.4 is 29.6 Å². The highest BCUT2D eigenvalue weighted by Crippen LogP contribution is 2.45. The fraction of sp³-hybridized carbons (Fsp3) is 0.641. The minimum Gasteiger partial charge on any atom is -0.496 e. The molecular weight excluding hydrogens is 1160 g/mol. The summed E-state index contributed by atoms with van der Waals surface area (Å²) in [5.41, 5.74) is 1.98. The second-order valence-corrected chi connectivity index (χ2v) is 24.2. The molecule has 488 valence electrons. The van der Waals surface area contributed by atoms with Crippen LogP contribution in [0.25, 0.3) is 22.5 Å². The average Bonchev–Trinajstić information content (AvgIpc) is 1.86. The SMILES string of the molecule is CCN(C(=O)c1cc(-c2c(OCC(F)(F)F)cccc2OCC(F)(F)F)n(C2CCCC2)n1)C(CCN1CCCCC1)CC(=O)NC1CCC1.COc1cccc(OC)c1-c1cc(C(=O)NC(CCN2CCCCC2)Cc2nnc(C)o2)nn1C1CCCC1. The van der Waals surface area contributed by atoms with E-state index in [4.69, 9.17) is 28.5 Å². The molecule has 3 aliphatic carbocycles. The van der Waals surface area contributed by atoms with Gasteiger partial charge in [0, 0.05) is 57.5 Å². The van der Waals surface area contributed by atoms with Crippen LogP contribution >= 0.6 is 0 Å². The molecule has 10 rings (SSSR count). The second kappa shape index (κ2) is 31.2. The van der Waals surface area contributed by atoms with E-state index in [0.29, 0.717) is 61.2 Å². The van der Waals surface area contributed by atoms with Crippen molar-refractivity contribution in [1.29, 1.82) is 0 Å². The van der Waals surface area contributed by atoms with Gasteiger partial charge in [0.15, 0.2) is 24.6 Å². The van der Waals surface area contributed by atoms with Crippen LogP contribution in [0.4, 0.5) is 26.3 Å². The van der Waals surface area contributed by atoms with Crippen molar-refractivity contribution in [3.05, 3.63) is 71.7 Å². The number of methoxy groups -OCH3 is 2. The number of aromatic nitrogens is 6. The average molecular weight is 1250 g/mol. The van der Waals surface area contributed by atoms with Crippen LogP contribution in [0.1, 0.15) is 180 Å². The first-order valence-electron chi connectivity index (χ1n) is 31.9. The summed E-state index contributed by atoms with van der Waals surface area (Å²) in [6.07, 6.45) is 9.85. The number of piperidine rings is 2. The third-order valence-corrected chi connectivity index (χ3v) is 17.7. The Morgan fingerprint density at radius 3 is 1.62 bits per heavy atom. The normalized spacial score (nSPS) is 18.0. The third-order valence-electron chi connectivity index (χ3n) is 17.7. The highest BCUT2D eigenvalue weighted by Gasteiger charge is 2.36. The Morgan fingerprint density at radius 1 is 0.652 bits per heavy atom. The zero-order valence-electron chi connectivity index (χ0n) is 51.8. The van der Waals surface area contributed by atoms with Gasteiger partial charge in [-0.3, -0.25) is 23.7 Å². The van der Waals surface area contributed by atoms with Crippen molar-refractivity contribution in [3.63, 3.8) is 0 Å². The van der Waals surface area contributed by atoms with E-state index in [1.165, 1.54) is 54.6 Å². The van der Waals surface area contributed by atoms with Crippen molar-refractivity contribution in [2.75, 3.05) is 73.2 Å². The Balaban J connectivity index is 0.000000218. The number of aryl methyl sites for hydroxylation is 1. The van der Waals surface area contributed by atoms with Crippen LogP contribution in [0.15, 0.2) is 52.9 Å². The van der Waals surface area contributed by atoms with Crippen molar-refractivity contribution >= 4 is 17.7 Å². The van der Waals surface area contributed by atoms with Gasteiger partial charge in [-0.05, 0) is 153 Å². The molecule has 3 saturated carbocycles. The van der Waals surface area contributed by atoms with Crippen LogP contribution in [0.5, 0.6) is 23.0 Å². The Bertz CT molecular complexity index is 3030. The fourth-order valence-corrected chi connectivity index (χ4v) is 12.9. The summed E-state index contributed by atoms with van der Waals surface area (Å²) in [5, 5.41) is 24.0. The summed E-state index contributed by atoms with van der Waals surface area (Å²) < 4.78 is 111. The maximum absolute atomic E-state index is 14.4. The van der Waals surface area contributed by atoms with Gasteiger partial charge in [-0.15, -0.1) is 10.2 Å². The first-order chi connectivity index (χ1) is 42.9. The van der Waals surface area contributed by atoms with Gasteiger partial charge in [-0.1, -0.05) is 50.7 Å². The molecule has 2 atom stereocenters. The first kappa shape index (κ1) is 66.5. The Hall–Kier alpha value is -6.89. The van der Waals surface area contributed by atoms with E-state index in [-0.39, 0.29) is 77.4 Å². The van der Waals surface area contributed by atoms with Gasteiger partial charge in [0.2, 0.25) is 17.7 Å². The third kappa shape index (κ3) is 18.4. The van der Waals surface area contributed by atoms with E-state index in [2.05, 4.69) is 35.7 Å². The van der Waals surface area contributed by atoms with Gasteiger partial charge in [0.25, 0.3) is 11.8 Å². The minimum atomic E-state index is -4.72. The number of alkyl halides is 6. The summed E-state index contributed by atoms with van der Waals surface area (Å²) in [7, 11) is 3.29. The van der Waals surface area contributed by atoms with Crippen LogP contribution in [0.2, 0.25) is 0 Å². The smallest absolute Gasteiger partial charge is 0.422 e. The lowest BCUT2D eigenvalue weighted by atomic mass is 9.93. The number of hydrogen-bond acceptors (Lipinski definition) is 14. The zero-order chi connectivity index (χ0) is 63.1. The first-order valence-corrected chi connectivity index (χ1v) is 31.9. The number of ether oxygens (including phenoxy) is 4. The molecule has 5 aliphatic rings. The molecule has 0 radical (unpaired) electrons. The summed E-state index contributed by atoms with van der Waals surface area (Å²) in [6, 6.07) is 12.2. The van der Waals surface area contributed by atoms with E-state index >= 15 is 0 Å². The summed E-state index contributed by atoms with van der Waals surface area (Å²) in [4.78, 5) is 47.7. The number of hydrogen-bond donors (Lipinski definition) is 2. The monoisotopic (exact) mass is 1250 g/mol. The number of rotatable bonds is 26. The van der Waals surface area contributed by atoms with Crippen LogP contribution in [0, 0.1) is 6.92 Å². The van der Waals surface area contributed by atoms with Crippen molar-refractivity contribution in [1.82, 2.24) is 55.1 Å². The maximum Gasteiger partial charge on any atom is 0.422 e. The number of halogens is 6. The molecule has 89 heavy (non-hydrogen) atoms. The molecule has 3 amide bonds. The quantitative estimate of drug-likeness (QED) is 0.0496. The molecular formula is C64H87F6N11O8.